The monoisotopic (exact) mass is 254 g/mol. The van der Waals surface area contributed by atoms with Gasteiger partial charge < -0.3 is 10.6 Å². The maximum Gasteiger partial charge on any atom is 0.205 e. The van der Waals surface area contributed by atoms with Crippen molar-refractivity contribution in [1.82, 2.24) is 9.36 Å². The molecule has 5 heteroatoms. The van der Waals surface area contributed by atoms with Crippen molar-refractivity contribution in [3.63, 3.8) is 0 Å². The Morgan fingerprint density at radius 2 is 2.24 bits per heavy atom. The highest BCUT2D eigenvalue weighted by atomic mass is 32.1. The minimum atomic E-state index is 0.405. The predicted molar refractivity (Wildman–Crippen MR) is 72.6 cm³/mol. The van der Waals surface area contributed by atoms with Crippen LogP contribution in [0.1, 0.15) is 44.9 Å². The average Bonchev–Trinajstić information content (AvgIpc) is 2.96. The van der Waals surface area contributed by atoms with Crippen molar-refractivity contribution in [2.75, 3.05) is 18.5 Å². The van der Waals surface area contributed by atoms with Gasteiger partial charge in [0.05, 0.1) is 0 Å². The van der Waals surface area contributed by atoms with Gasteiger partial charge in [0.2, 0.25) is 5.13 Å². The summed E-state index contributed by atoms with van der Waals surface area (Å²) in [6.07, 6.45) is 3.77. The van der Waals surface area contributed by atoms with Crippen LogP contribution in [-0.4, -0.2) is 29.0 Å². The Bertz CT molecular complexity index is 363. The third kappa shape index (κ3) is 2.60. The molecule has 2 atom stereocenters. The van der Waals surface area contributed by atoms with Crippen LogP contribution < -0.4 is 10.6 Å². The molecule has 0 aliphatic heterocycles. The van der Waals surface area contributed by atoms with E-state index in [1.165, 1.54) is 30.8 Å². The van der Waals surface area contributed by atoms with E-state index in [4.69, 9.17) is 5.73 Å². The molecule has 1 aromatic rings. The zero-order valence-electron chi connectivity index (χ0n) is 10.9. The van der Waals surface area contributed by atoms with Crippen molar-refractivity contribution in [3.8, 4) is 0 Å². The van der Waals surface area contributed by atoms with Gasteiger partial charge in [0.15, 0.2) is 0 Å². The van der Waals surface area contributed by atoms with Gasteiger partial charge in [-0.3, -0.25) is 0 Å². The minimum Gasteiger partial charge on any atom is -0.347 e. The summed E-state index contributed by atoms with van der Waals surface area (Å²) < 4.78 is 4.42. The van der Waals surface area contributed by atoms with Crippen molar-refractivity contribution < 1.29 is 0 Å². The van der Waals surface area contributed by atoms with E-state index < -0.39 is 0 Å². The molecule has 1 fully saturated rings. The summed E-state index contributed by atoms with van der Waals surface area (Å²) in [5.74, 6) is 1.98. The van der Waals surface area contributed by atoms with E-state index in [2.05, 4.69) is 35.2 Å². The van der Waals surface area contributed by atoms with E-state index in [1.54, 1.807) is 0 Å². The molecule has 1 aliphatic rings. The molecule has 4 nitrogen and oxygen atoms in total. The highest BCUT2D eigenvalue weighted by Crippen LogP contribution is 2.32. The van der Waals surface area contributed by atoms with E-state index in [1.807, 2.05) is 0 Å². The molecule has 1 heterocycles. The third-order valence-electron chi connectivity index (χ3n) is 3.67. The first-order valence-electron chi connectivity index (χ1n) is 6.40. The summed E-state index contributed by atoms with van der Waals surface area (Å²) in [6, 6.07) is 0.549. The lowest BCUT2D eigenvalue weighted by molar-refractivity contribution is 0.473. The van der Waals surface area contributed by atoms with E-state index in [9.17, 15) is 0 Å². The van der Waals surface area contributed by atoms with Gasteiger partial charge >= 0.3 is 0 Å². The first kappa shape index (κ1) is 12.8. The summed E-state index contributed by atoms with van der Waals surface area (Å²) in [6.45, 7) is 5.04. The number of hydrogen-bond acceptors (Lipinski definition) is 5. The molecule has 0 saturated heterocycles. The average molecular weight is 254 g/mol. The summed E-state index contributed by atoms with van der Waals surface area (Å²) in [4.78, 5) is 6.90. The molecule has 0 spiro atoms. The Morgan fingerprint density at radius 1 is 1.47 bits per heavy atom. The summed E-state index contributed by atoms with van der Waals surface area (Å²) in [5.41, 5.74) is 5.83. The summed E-state index contributed by atoms with van der Waals surface area (Å²) in [7, 11) is 2.13. The van der Waals surface area contributed by atoms with Crippen LogP contribution in [0.4, 0.5) is 5.13 Å². The van der Waals surface area contributed by atoms with Crippen LogP contribution in [0.5, 0.6) is 0 Å². The van der Waals surface area contributed by atoms with Crippen molar-refractivity contribution in [2.45, 2.75) is 45.1 Å². The number of anilines is 1. The molecule has 0 aromatic carbocycles. The second kappa shape index (κ2) is 5.31. The molecule has 17 heavy (non-hydrogen) atoms. The number of nitrogens with two attached hydrogens (primary N) is 1. The van der Waals surface area contributed by atoms with Gasteiger partial charge in [0.1, 0.15) is 5.82 Å². The molecule has 1 saturated carbocycles. The quantitative estimate of drug-likeness (QED) is 0.895. The maximum atomic E-state index is 5.83. The van der Waals surface area contributed by atoms with Crippen molar-refractivity contribution in [1.29, 1.82) is 0 Å². The molecule has 0 amide bonds. The predicted octanol–water partition coefficient (Wildman–Crippen LogP) is 2.23. The molecular weight excluding hydrogens is 232 g/mol. The Morgan fingerprint density at radius 3 is 2.82 bits per heavy atom. The van der Waals surface area contributed by atoms with Crippen LogP contribution >= 0.6 is 11.5 Å². The van der Waals surface area contributed by atoms with Gasteiger partial charge in [0, 0.05) is 30.5 Å². The van der Waals surface area contributed by atoms with E-state index >= 15 is 0 Å². The number of aromatic nitrogens is 2. The lowest BCUT2D eigenvalue weighted by atomic mass is 10.0. The highest BCUT2D eigenvalue weighted by Gasteiger charge is 2.30. The third-order valence-corrected chi connectivity index (χ3v) is 4.49. The molecule has 2 rings (SSSR count). The van der Waals surface area contributed by atoms with E-state index in [0.29, 0.717) is 17.9 Å². The van der Waals surface area contributed by atoms with Crippen LogP contribution in [-0.2, 0) is 0 Å². The summed E-state index contributed by atoms with van der Waals surface area (Å²) >= 11 is 1.51. The highest BCUT2D eigenvalue weighted by molar-refractivity contribution is 7.09. The van der Waals surface area contributed by atoms with Gasteiger partial charge in [-0.1, -0.05) is 20.3 Å². The molecule has 0 radical (unpaired) electrons. The van der Waals surface area contributed by atoms with Gasteiger partial charge in [-0.2, -0.15) is 4.37 Å². The lowest BCUT2D eigenvalue weighted by Gasteiger charge is -2.28. The fraction of sp³-hybridized carbons (Fsp3) is 0.833. The standard InChI is InChI=1S/C12H22N4S/c1-8(2)11-14-12(17-15-11)16(3)10-6-4-5-9(10)7-13/h8-10H,4-7,13H2,1-3H3. The van der Waals surface area contributed by atoms with Crippen LogP contribution in [0.2, 0.25) is 0 Å². The van der Waals surface area contributed by atoms with Crippen LogP contribution in [0.15, 0.2) is 0 Å². The smallest absolute Gasteiger partial charge is 0.205 e. The van der Waals surface area contributed by atoms with Gasteiger partial charge in [-0.05, 0) is 25.3 Å². The van der Waals surface area contributed by atoms with Crippen molar-refractivity contribution in [3.05, 3.63) is 5.82 Å². The molecular formula is C12H22N4S. The van der Waals surface area contributed by atoms with Crippen molar-refractivity contribution >= 4 is 16.7 Å². The topological polar surface area (TPSA) is 55.0 Å². The Hall–Kier alpha value is -0.680. The lowest BCUT2D eigenvalue weighted by Crippen LogP contribution is -2.37. The van der Waals surface area contributed by atoms with Crippen LogP contribution in [0.25, 0.3) is 0 Å². The number of hydrogen-bond donors (Lipinski definition) is 1. The fourth-order valence-electron chi connectivity index (χ4n) is 2.55. The second-order valence-electron chi connectivity index (χ2n) is 5.19. The zero-order valence-corrected chi connectivity index (χ0v) is 11.7. The summed E-state index contributed by atoms with van der Waals surface area (Å²) in [5, 5.41) is 1.04. The molecule has 2 unspecified atom stereocenters. The van der Waals surface area contributed by atoms with Gasteiger partial charge in [0.25, 0.3) is 0 Å². The first-order valence-corrected chi connectivity index (χ1v) is 7.17. The maximum absolute atomic E-state index is 5.83. The fourth-order valence-corrected chi connectivity index (χ4v) is 3.37. The number of rotatable bonds is 4. The Kier molecular flexibility index (Phi) is 3.99. The van der Waals surface area contributed by atoms with Crippen molar-refractivity contribution in [2.24, 2.45) is 11.7 Å². The molecule has 1 aliphatic carbocycles. The minimum absolute atomic E-state index is 0.405. The van der Waals surface area contributed by atoms with E-state index in [-0.39, 0.29) is 0 Å². The van der Waals surface area contributed by atoms with Gasteiger partial charge in [-0.15, -0.1) is 0 Å². The Labute approximate surface area is 107 Å². The van der Waals surface area contributed by atoms with E-state index in [0.717, 1.165) is 17.5 Å². The Balaban J connectivity index is 2.10. The zero-order chi connectivity index (χ0) is 12.4. The first-order chi connectivity index (χ1) is 8.13. The molecule has 2 N–H and O–H groups in total. The molecule has 96 valence electrons. The SMILES string of the molecule is CC(C)c1nsc(N(C)C2CCCC2CN)n1. The second-order valence-corrected chi connectivity index (χ2v) is 5.93. The van der Waals surface area contributed by atoms with Crippen LogP contribution in [0, 0.1) is 5.92 Å². The molecule has 1 aromatic heterocycles. The molecule has 0 bridgehead atoms. The van der Waals surface area contributed by atoms with Crippen LogP contribution in [0.3, 0.4) is 0 Å². The van der Waals surface area contributed by atoms with Gasteiger partial charge in [-0.25, -0.2) is 4.98 Å². The number of nitrogens with zero attached hydrogens (tertiary/aromatic N) is 3. The largest absolute Gasteiger partial charge is 0.347 e. The normalized spacial score (nSPS) is 24.5.